The minimum atomic E-state index is -0.577. The van der Waals surface area contributed by atoms with Gasteiger partial charge in [0.1, 0.15) is 17.3 Å². The molecule has 8 nitrogen and oxygen atoms in total. The molecule has 0 aliphatic carbocycles. The van der Waals surface area contributed by atoms with Gasteiger partial charge in [0.2, 0.25) is 0 Å². The molecular formula is C33H40ClF2N7O. The number of aromatic nitrogens is 3. The summed E-state index contributed by atoms with van der Waals surface area (Å²) in [6, 6.07) is 10.0. The van der Waals surface area contributed by atoms with E-state index in [1.54, 1.807) is 36.5 Å². The summed E-state index contributed by atoms with van der Waals surface area (Å²) in [6.07, 6.45) is 7.94. The maximum Gasteiger partial charge on any atom is 0.354 e. The summed E-state index contributed by atoms with van der Waals surface area (Å²) in [4.78, 5) is 24.5. The molecule has 0 saturated carbocycles. The van der Waals surface area contributed by atoms with Crippen LogP contribution in [0.5, 0.6) is 0 Å². The second kappa shape index (κ2) is 14.0. The number of H-pyrrole nitrogens is 1. The van der Waals surface area contributed by atoms with Gasteiger partial charge in [-0.25, -0.2) is 13.6 Å². The van der Waals surface area contributed by atoms with Gasteiger partial charge in [0.25, 0.3) is 0 Å². The highest BCUT2D eigenvalue weighted by molar-refractivity contribution is 6.31. The van der Waals surface area contributed by atoms with Crippen molar-refractivity contribution in [3.05, 3.63) is 80.9 Å². The third-order valence-electron chi connectivity index (χ3n) is 8.25. The number of piperidine rings is 1. The maximum atomic E-state index is 15.5. The zero-order valence-electron chi connectivity index (χ0n) is 25.2. The SMILES string of the molecule is CC(C)CCCc1cc(Cl)c(F)c(-c2cc3cn(-c4ccc([C@@H]5CCC[C@@H](CCN=C(N)CN)N5)c(F)c4)c(=O)nc3[nH]2)c1. The lowest BCUT2D eigenvalue weighted by atomic mass is 9.91. The number of benzene rings is 2. The van der Waals surface area contributed by atoms with Gasteiger partial charge in [-0.15, -0.1) is 0 Å². The fourth-order valence-corrected chi connectivity index (χ4v) is 6.14. The van der Waals surface area contributed by atoms with Gasteiger partial charge < -0.3 is 21.8 Å². The first-order valence-electron chi connectivity index (χ1n) is 15.3. The number of aryl methyl sites for hydroxylation is 1. The smallest absolute Gasteiger partial charge is 0.354 e. The van der Waals surface area contributed by atoms with Crippen LogP contribution in [-0.2, 0) is 6.42 Å². The van der Waals surface area contributed by atoms with Crippen molar-refractivity contribution < 1.29 is 8.78 Å². The van der Waals surface area contributed by atoms with E-state index < -0.39 is 17.3 Å². The van der Waals surface area contributed by atoms with Crippen LogP contribution in [0, 0.1) is 17.6 Å². The van der Waals surface area contributed by atoms with Crippen molar-refractivity contribution in [2.75, 3.05) is 13.1 Å². The van der Waals surface area contributed by atoms with Crippen molar-refractivity contribution >= 4 is 28.5 Å². The molecule has 3 heterocycles. The summed E-state index contributed by atoms with van der Waals surface area (Å²) in [6.45, 7) is 5.14. The van der Waals surface area contributed by atoms with E-state index in [0.717, 1.165) is 50.5 Å². The number of rotatable bonds is 11. The van der Waals surface area contributed by atoms with E-state index in [1.165, 1.54) is 10.6 Å². The molecule has 1 fully saturated rings. The summed E-state index contributed by atoms with van der Waals surface area (Å²) in [7, 11) is 0. The third-order valence-corrected chi connectivity index (χ3v) is 8.53. The first-order chi connectivity index (χ1) is 21.1. The van der Waals surface area contributed by atoms with Gasteiger partial charge in [-0.05, 0) is 73.9 Å². The Morgan fingerprint density at radius 2 is 2.02 bits per heavy atom. The largest absolute Gasteiger partial charge is 0.386 e. The zero-order chi connectivity index (χ0) is 31.4. The molecule has 1 saturated heterocycles. The van der Waals surface area contributed by atoms with Gasteiger partial charge in [-0.2, -0.15) is 4.98 Å². The zero-order valence-corrected chi connectivity index (χ0v) is 25.9. The molecule has 2 atom stereocenters. The third kappa shape index (κ3) is 7.36. The van der Waals surface area contributed by atoms with Crippen LogP contribution in [0.15, 0.2) is 52.4 Å². The monoisotopic (exact) mass is 623 g/mol. The first-order valence-corrected chi connectivity index (χ1v) is 15.7. The number of aromatic amines is 1. The fourth-order valence-electron chi connectivity index (χ4n) is 5.89. The molecule has 0 unspecified atom stereocenters. The normalized spacial score (nSPS) is 17.6. The number of nitrogens with two attached hydrogens (primary N) is 2. The highest BCUT2D eigenvalue weighted by Crippen LogP contribution is 2.32. The van der Waals surface area contributed by atoms with Crippen molar-refractivity contribution in [3.8, 4) is 16.9 Å². The molecule has 0 bridgehead atoms. The Hall–Kier alpha value is -3.60. The topological polar surface area (TPSA) is 127 Å². The maximum absolute atomic E-state index is 15.5. The molecule has 234 valence electrons. The lowest BCUT2D eigenvalue weighted by molar-refractivity contribution is 0.309. The number of fused-ring (bicyclic) bond motifs is 1. The van der Waals surface area contributed by atoms with Crippen LogP contribution in [0.3, 0.4) is 0 Å². The van der Waals surface area contributed by atoms with Gasteiger partial charge in [-0.1, -0.05) is 44.4 Å². The highest BCUT2D eigenvalue weighted by Gasteiger charge is 2.24. The van der Waals surface area contributed by atoms with Gasteiger partial charge >= 0.3 is 5.69 Å². The van der Waals surface area contributed by atoms with Crippen LogP contribution in [0.1, 0.15) is 69.5 Å². The molecule has 44 heavy (non-hydrogen) atoms. The van der Waals surface area contributed by atoms with Crippen LogP contribution < -0.4 is 22.5 Å². The molecule has 1 aliphatic rings. The second-order valence-electron chi connectivity index (χ2n) is 12.0. The minimum Gasteiger partial charge on any atom is -0.386 e. The quantitative estimate of drug-likeness (QED) is 0.117. The van der Waals surface area contributed by atoms with E-state index in [1.807, 2.05) is 0 Å². The number of nitrogens with one attached hydrogen (secondary N) is 2. The van der Waals surface area contributed by atoms with E-state index in [-0.39, 0.29) is 23.7 Å². The molecule has 4 aromatic rings. The Balaban J connectivity index is 1.37. The van der Waals surface area contributed by atoms with Crippen LogP contribution in [0.4, 0.5) is 8.78 Å². The lowest BCUT2D eigenvalue weighted by Gasteiger charge is -2.31. The molecule has 6 N–H and O–H groups in total. The van der Waals surface area contributed by atoms with E-state index in [9.17, 15) is 4.79 Å². The lowest BCUT2D eigenvalue weighted by Crippen LogP contribution is -2.38. The van der Waals surface area contributed by atoms with Crippen molar-refractivity contribution in [2.45, 2.75) is 70.9 Å². The van der Waals surface area contributed by atoms with Crippen molar-refractivity contribution in [3.63, 3.8) is 0 Å². The van der Waals surface area contributed by atoms with Crippen LogP contribution in [-0.4, -0.2) is 39.5 Å². The predicted octanol–water partition coefficient (Wildman–Crippen LogP) is 6.18. The van der Waals surface area contributed by atoms with Crippen LogP contribution in [0.2, 0.25) is 5.02 Å². The molecule has 2 aromatic carbocycles. The number of halogens is 3. The second-order valence-corrected chi connectivity index (χ2v) is 12.4. The number of nitrogens with zero attached hydrogens (tertiary/aromatic N) is 3. The van der Waals surface area contributed by atoms with Crippen LogP contribution >= 0.6 is 11.6 Å². The summed E-state index contributed by atoms with van der Waals surface area (Å²) in [5.41, 5.74) is 13.6. The van der Waals surface area contributed by atoms with E-state index >= 15 is 8.78 Å². The first kappa shape index (κ1) is 31.8. The molecule has 0 amide bonds. The van der Waals surface area contributed by atoms with Crippen molar-refractivity contribution in [2.24, 2.45) is 22.4 Å². The fraction of sp³-hybridized carbons (Fsp3) is 0.424. The number of aliphatic imine (C=N–C) groups is 1. The summed E-state index contributed by atoms with van der Waals surface area (Å²) in [5, 5.41) is 4.17. The summed E-state index contributed by atoms with van der Waals surface area (Å²) < 4.78 is 31.9. The van der Waals surface area contributed by atoms with Gasteiger partial charge in [0.15, 0.2) is 5.82 Å². The Bertz CT molecular complexity index is 1710. The van der Waals surface area contributed by atoms with Crippen molar-refractivity contribution in [1.29, 1.82) is 0 Å². The van der Waals surface area contributed by atoms with E-state index in [2.05, 4.69) is 34.1 Å². The Morgan fingerprint density at radius 3 is 2.77 bits per heavy atom. The Labute approximate surface area is 260 Å². The molecule has 5 rings (SSSR count). The molecule has 11 heteroatoms. The van der Waals surface area contributed by atoms with E-state index in [0.29, 0.717) is 51.8 Å². The predicted molar refractivity (Wildman–Crippen MR) is 174 cm³/mol. The molecule has 2 aromatic heterocycles. The van der Waals surface area contributed by atoms with E-state index in [4.69, 9.17) is 23.1 Å². The number of hydrogen-bond acceptors (Lipinski definition) is 5. The average molecular weight is 624 g/mol. The standard InChI is InChI=1S/C33H40ClF2N7O/c1-19(2)5-3-6-20-13-25(31(36)26(34)14-20)29-15-21-18-43(33(44)42-32(21)41-29)23-9-10-24(27(35)16-23)28-8-4-7-22(40-28)11-12-39-30(38)17-37/h9-10,13-16,18-19,22,28,40H,3-8,11-12,17,37H2,1-2H3,(H2,38,39)(H,41,42,44)/t22-,28-/m0/s1. The van der Waals surface area contributed by atoms with Gasteiger partial charge in [0, 0.05) is 41.3 Å². The summed E-state index contributed by atoms with van der Waals surface area (Å²) in [5.74, 6) is 0.0663. The number of amidine groups is 1. The molecule has 0 spiro atoms. The minimum absolute atomic E-state index is 0.0485. The molecule has 0 radical (unpaired) electrons. The molecular weight excluding hydrogens is 584 g/mol. The Morgan fingerprint density at radius 1 is 1.20 bits per heavy atom. The van der Waals surface area contributed by atoms with Crippen molar-refractivity contribution in [1.82, 2.24) is 19.9 Å². The van der Waals surface area contributed by atoms with Gasteiger partial charge in [-0.3, -0.25) is 9.56 Å². The van der Waals surface area contributed by atoms with Gasteiger partial charge in [0.05, 0.1) is 22.9 Å². The average Bonchev–Trinajstić information content (AvgIpc) is 3.40. The highest BCUT2D eigenvalue weighted by atomic mass is 35.5. The number of hydrogen-bond donors (Lipinski definition) is 4. The van der Waals surface area contributed by atoms with Crippen LogP contribution in [0.25, 0.3) is 28.0 Å². The summed E-state index contributed by atoms with van der Waals surface area (Å²) >= 11 is 6.26. The molecule has 1 aliphatic heterocycles. The Kier molecular flexibility index (Phi) is 10.1.